The van der Waals surface area contributed by atoms with Crippen molar-refractivity contribution in [1.82, 2.24) is 0 Å². The monoisotopic (exact) mass is 804 g/mol. The molecule has 55 heavy (non-hydrogen) atoms. The number of ether oxygens (including phenoxy) is 10. The van der Waals surface area contributed by atoms with Gasteiger partial charge in [-0.2, -0.15) is 0 Å². The molecule has 0 radical (unpaired) electrons. The average molecular weight is 805 g/mol. The van der Waals surface area contributed by atoms with Crippen molar-refractivity contribution in [1.29, 1.82) is 0 Å². The highest BCUT2D eigenvalue weighted by molar-refractivity contribution is 5.00. The van der Waals surface area contributed by atoms with E-state index in [0.29, 0.717) is 0 Å². The Kier molecular flexibility index (Phi) is 24.2. The first kappa shape index (κ1) is 50.4. The fourth-order valence-electron chi connectivity index (χ4n) is 6.24. The second kappa shape index (κ2) is 26.4. The summed E-state index contributed by atoms with van der Waals surface area (Å²) in [6.07, 6.45) is -15.6. The average Bonchev–Trinajstić information content (AvgIpc) is 3.07. The molecular weight excluding hydrogens is 732 g/mol. The molecule has 2 rings (SSSR count). The molecule has 1 aliphatic heterocycles. The third-order valence-corrected chi connectivity index (χ3v) is 8.43. The van der Waals surface area contributed by atoms with Crippen LogP contribution in [-0.4, -0.2) is 211 Å². The van der Waals surface area contributed by atoms with Crippen LogP contribution in [0.1, 0.15) is 61.8 Å². The molecule has 18 nitrogen and oxygen atoms in total. The van der Waals surface area contributed by atoms with Crippen molar-refractivity contribution in [3.05, 3.63) is 0 Å². The summed E-state index contributed by atoms with van der Waals surface area (Å²) < 4.78 is 62.6. The number of aliphatic hydroxyl groups excluding tert-OH is 8. The predicted molar refractivity (Wildman–Crippen MR) is 195 cm³/mol. The van der Waals surface area contributed by atoms with Crippen molar-refractivity contribution in [3.63, 3.8) is 0 Å². The third kappa shape index (κ3) is 19.3. The summed E-state index contributed by atoms with van der Waals surface area (Å²) in [5.74, 6) is -0.546. The molecule has 0 spiro atoms. The molecule has 1 saturated carbocycles. The fourth-order valence-corrected chi connectivity index (χ4v) is 6.24. The molecule has 0 bridgehead atoms. The standard InChI is InChI=1S/C37H72O18/c1-20(38)10-46-18-28-9-29(48-12-22(3)40)32(49-13-23(4)41)34(51-15-25(6)43)31(28)55-37-36(53-17-27(8)45)35(52-16-26(7)44)33(50-14-24(5)42)30(54-37)19-47-11-21(2)39/h20-45H,9-19H2,1-8H3/t20?,21?,22?,23?,24?,25?,26?,27?,28-,29-,30-,31?,32+,33-,34+,35+,36-,37+/m1/s1. The van der Waals surface area contributed by atoms with Crippen molar-refractivity contribution < 1.29 is 88.2 Å². The van der Waals surface area contributed by atoms with Gasteiger partial charge in [-0.1, -0.05) is 0 Å². The van der Waals surface area contributed by atoms with E-state index in [-0.39, 0.29) is 72.5 Å². The van der Waals surface area contributed by atoms with E-state index in [4.69, 9.17) is 47.4 Å². The molecule has 2 fully saturated rings. The molecule has 1 heterocycles. The van der Waals surface area contributed by atoms with Gasteiger partial charge in [0.1, 0.15) is 36.6 Å². The van der Waals surface area contributed by atoms with Gasteiger partial charge < -0.3 is 88.2 Å². The Labute approximate surface area is 325 Å². The summed E-state index contributed by atoms with van der Waals surface area (Å²) in [5, 5.41) is 81.4. The molecule has 1 saturated heterocycles. The summed E-state index contributed by atoms with van der Waals surface area (Å²) in [5.41, 5.74) is 0. The zero-order valence-electron chi connectivity index (χ0n) is 33.8. The molecule has 8 N–H and O–H groups in total. The van der Waals surface area contributed by atoms with Crippen LogP contribution in [0, 0.1) is 5.92 Å². The van der Waals surface area contributed by atoms with Gasteiger partial charge >= 0.3 is 0 Å². The quantitative estimate of drug-likeness (QED) is 0.0448. The van der Waals surface area contributed by atoms with Gasteiger partial charge in [0.2, 0.25) is 0 Å². The number of hydrogen-bond acceptors (Lipinski definition) is 18. The topological polar surface area (TPSA) is 254 Å². The van der Waals surface area contributed by atoms with Crippen LogP contribution in [0.4, 0.5) is 0 Å². The van der Waals surface area contributed by atoms with Crippen molar-refractivity contribution in [2.45, 2.75) is 166 Å². The van der Waals surface area contributed by atoms with Crippen molar-refractivity contribution in [2.24, 2.45) is 5.92 Å². The molecule has 2 aliphatic rings. The van der Waals surface area contributed by atoms with Gasteiger partial charge in [-0.05, 0) is 61.8 Å². The highest BCUT2D eigenvalue weighted by Crippen LogP contribution is 2.38. The lowest BCUT2D eigenvalue weighted by atomic mass is 9.80. The zero-order chi connectivity index (χ0) is 41.2. The SMILES string of the molecule is CC(O)COC[C@H]1C[C@@H](OCC(C)O)[C@H](OCC(C)O)[C@@H](OCC(C)O)C1O[C@@H]1O[C@H](COCC(C)O)[C@@H](OCC(C)O)[C@H](OCC(C)O)[C@H]1OCC(C)O. The maximum absolute atomic E-state index is 10.4. The van der Waals surface area contributed by atoms with E-state index in [9.17, 15) is 40.9 Å². The van der Waals surface area contributed by atoms with Gasteiger partial charge in [0, 0.05) is 5.92 Å². The molecular formula is C37H72O18. The zero-order valence-corrected chi connectivity index (χ0v) is 33.8. The highest BCUT2D eigenvalue weighted by atomic mass is 16.7. The first-order valence-electron chi connectivity index (χ1n) is 19.5. The minimum absolute atomic E-state index is 0.00384. The second-order valence-electron chi connectivity index (χ2n) is 15.4. The Bertz CT molecular complexity index is 968. The van der Waals surface area contributed by atoms with Gasteiger partial charge in [0.05, 0.1) is 127 Å². The molecule has 18 heteroatoms. The van der Waals surface area contributed by atoms with Gasteiger partial charge in [0.15, 0.2) is 6.29 Å². The van der Waals surface area contributed by atoms with Crippen LogP contribution in [0.5, 0.6) is 0 Å². The summed E-state index contributed by atoms with van der Waals surface area (Å²) in [6, 6.07) is 0. The molecule has 0 aromatic rings. The Morgan fingerprint density at radius 1 is 0.418 bits per heavy atom. The first-order valence-corrected chi connectivity index (χ1v) is 19.5. The Balaban J connectivity index is 2.73. The van der Waals surface area contributed by atoms with E-state index < -0.39 is 110 Å². The van der Waals surface area contributed by atoms with Crippen LogP contribution in [0.15, 0.2) is 0 Å². The first-order chi connectivity index (χ1) is 25.9. The highest BCUT2D eigenvalue weighted by Gasteiger charge is 2.54. The summed E-state index contributed by atoms with van der Waals surface area (Å²) in [6.45, 7) is 11.6. The Morgan fingerprint density at radius 3 is 1.24 bits per heavy atom. The summed E-state index contributed by atoms with van der Waals surface area (Å²) in [7, 11) is 0. The molecule has 9 unspecified atom stereocenters. The lowest BCUT2D eigenvalue weighted by Gasteiger charge is -2.50. The van der Waals surface area contributed by atoms with Gasteiger partial charge in [-0.25, -0.2) is 0 Å². The minimum Gasteiger partial charge on any atom is -0.391 e. The smallest absolute Gasteiger partial charge is 0.187 e. The second-order valence-corrected chi connectivity index (χ2v) is 15.4. The molecule has 1 aliphatic carbocycles. The lowest BCUT2D eigenvalue weighted by molar-refractivity contribution is -0.353. The van der Waals surface area contributed by atoms with Gasteiger partial charge in [-0.3, -0.25) is 0 Å². The van der Waals surface area contributed by atoms with Gasteiger partial charge in [0.25, 0.3) is 0 Å². The normalized spacial score (nSPS) is 33.4. The van der Waals surface area contributed by atoms with E-state index in [1.165, 1.54) is 6.92 Å². The third-order valence-electron chi connectivity index (χ3n) is 8.43. The lowest BCUT2D eigenvalue weighted by Crippen LogP contribution is -2.65. The molecule has 18 atom stereocenters. The molecule has 0 aromatic carbocycles. The maximum atomic E-state index is 10.4. The minimum atomic E-state index is -1.31. The van der Waals surface area contributed by atoms with E-state index in [1.54, 1.807) is 48.5 Å². The summed E-state index contributed by atoms with van der Waals surface area (Å²) in [4.78, 5) is 0. The van der Waals surface area contributed by atoms with Gasteiger partial charge in [-0.15, -0.1) is 0 Å². The van der Waals surface area contributed by atoms with Crippen LogP contribution in [0.25, 0.3) is 0 Å². The van der Waals surface area contributed by atoms with E-state index in [1.807, 2.05) is 0 Å². The van der Waals surface area contributed by atoms with Crippen LogP contribution in [0.2, 0.25) is 0 Å². The fraction of sp³-hybridized carbons (Fsp3) is 1.00. The Hall–Kier alpha value is -0.720. The van der Waals surface area contributed by atoms with Crippen LogP contribution in [-0.2, 0) is 47.4 Å². The van der Waals surface area contributed by atoms with E-state index >= 15 is 0 Å². The molecule has 0 aromatic heterocycles. The maximum Gasteiger partial charge on any atom is 0.187 e. The van der Waals surface area contributed by atoms with Crippen LogP contribution in [0.3, 0.4) is 0 Å². The van der Waals surface area contributed by atoms with Crippen LogP contribution >= 0.6 is 0 Å². The van der Waals surface area contributed by atoms with Crippen LogP contribution < -0.4 is 0 Å². The number of hydrogen-bond donors (Lipinski definition) is 8. The predicted octanol–water partition coefficient (Wildman–Crippen LogP) is -1.49. The number of aliphatic hydroxyl groups is 8. The van der Waals surface area contributed by atoms with Crippen molar-refractivity contribution in [2.75, 3.05) is 66.1 Å². The Morgan fingerprint density at radius 2 is 0.782 bits per heavy atom. The largest absolute Gasteiger partial charge is 0.391 e. The molecule has 0 amide bonds. The number of rotatable bonds is 28. The molecule has 328 valence electrons. The van der Waals surface area contributed by atoms with E-state index in [2.05, 4.69) is 0 Å². The van der Waals surface area contributed by atoms with Crippen molar-refractivity contribution >= 4 is 0 Å². The van der Waals surface area contributed by atoms with Crippen molar-refractivity contribution in [3.8, 4) is 0 Å². The summed E-state index contributed by atoms with van der Waals surface area (Å²) >= 11 is 0. The van der Waals surface area contributed by atoms with E-state index in [0.717, 1.165) is 0 Å².